The summed E-state index contributed by atoms with van der Waals surface area (Å²) < 4.78 is 23.5. The first-order valence-electron chi connectivity index (χ1n) is 13.1. The first kappa shape index (κ1) is 28.7. The number of carbonyl (C=O) groups excluding carboxylic acids is 1. The van der Waals surface area contributed by atoms with Crippen molar-refractivity contribution < 1.29 is 23.4 Å². The van der Waals surface area contributed by atoms with Crippen LogP contribution in [0.5, 0.6) is 11.5 Å². The summed E-state index contributed by atoms with van der Waals surface area (Å²) in [6.07, 6.45) is 4.99. The Labute approximate surface area is 233 Å². The number of nitrogens with one attached hydrogen (secondary N) is 1. The lowest BCUT2D eigenvalue weighted by Gasteiger charge is -2.24. The molecule has 0 saturated heterocycles. The number of aryl methyl sites for hydroxylation is 2. The Kier molecular flexibility index (Phi) is 8.76. The maximum absolute atomic E-state index is 12.2. The number of amides is 1. The minimum absolute atomic E-state index is 0.330. The van der Waals surface area contributed by atoms with Gasteiger partial charge in [-0.15, -0.1) is 5.10 Å². The van der Waals surface area contributed by atoms with Crippen LogP contribution in [-0.4, -0.2) is 69.0 Å². The average Bonchev–Trinajstić information content (AvgIpc) is 3.60. The van der Waals surface area contributed by atoms with E-state index in [-0.39, 0.29) is 6.09 Å². The van der Waals surface area contributed by atoms with Crippen LogP contribution in [0.1, 0.15) is 50.6 Å². The van der Waals surface area contributed by atoms with E-state index in [0.29, 0.717) is 60.0 Å². The normalized spacial score (nSPS) is 11.5. The highest BCUT2D eigenvalue weighted by Gasteiger charge is 2.21. The maximum Gasteiger partial charge on any atom is 0.410 e. The molecule has 0 fully saturated rings. The van der Waals surface area contributed by atoms with Crippen LogP contribution in [0, 0.1) is 6.92 Å². The van der Waals surface area contributed by atoms with E-state index < -0.39 is 5.60 Å². The molecule has 4 aromatic rings. The van der Waals surface area contributed by atoms with E-state index in [1.807, 2.05) is 45.9 Å². The maximum atomic E-state index is 12.2. The number of oxazole rings is 1. The van der Waals surface area contributed by atoms with Crippen molar-refractivity contribution in [3.63, 3.8) is 0 Å². The molecule has 0 aliphatic carbocycles. The summed E-state index contributed by atoms with van der Waals surface area (Å²) in [5.74, 6) is 2.98. The molecule has 12 heteroatoms. The topological polar surface area (TPSA) is 129 Å². The summed E-state index contributed by atoms with van der Waals surface area (Å²) in [5, 5.41) is 8.12. The molecule has 40 heavy (non-hydrogen) atoms. The van der Waals surface area contributed by atoms with Crippen molar-refractivity contribution in [2.24, 2.45) is 0 Å². The monoisotopic (exact) mass is 551 g/mol. The molecule has 214 valence electrons. The van der Waals surface area contributed by atoms with Crippen molar-refractivity contribution in [2.75, 3.05) is 33.1 Å². The summed E-state index contributed by atoms with van der Waals surface area (Å²) >= 11 is 0. The number of nitrogens with zero attached hydrogens (tertiary/aromatic N) is 6. The number of carbonyl (C=O) groups is 1. The smallest absolute Gasteiger partial charge is 0.410 e. The molecule has 3 heterocycles. The Hall–Kier alpha value is -4.35. The van der Waals surface area contributed by atoms with E-state index >= 15 is 0 Å². The summed E-state index contributed by atoms with van der Waals surface area (Å²) in [5.41, 5.74) is 2.45. The second-order valence-electron chi connectivity index (χ2n) is 10.4. The third kappa shape index (κ3) is 6.80. The molecule has 1 amide bonds. The van der Waals surface area contributed by atoms with Crippen molar-refractivity contribution >= 4 is 17.7 Å². The molecule has 0 saturated carbocycles. The summed E-state index contributed by atoms with van der Waals surface area (Å²) in [4.78, 5) is 27.7. The van der Waals surface area contributed by atoms with Gasteiger partial charge in [0.05, 0.1) is 20.4 Å². The predicted octanol–water partition coefficient (Wildman–Crippen LogP) is 4.91. The number of anilines is 1. The number of rotatable bonds is 11. The van der Waals surface area contributed by atoms with E-state index in [4.69, 9.17) is 33.7 Å². The molecule has 0 aliphatic rings. The second-order valence-corrected chi connectivity index (χ2v) is 10.4. The highest BCUT2D eigenvalue weighted by molar-refractivity contribution is 5.68. The van der Waals surface area contributed by atoms with Crippen LogP contribution in [0.15, 0.2) is 35.1 Å². The van der Waals surface area contributed by atoms with Crippen molar-refractivity contribution in [3.8, 4) is 23.1 Å². The molecule has 3 aromatic heterocycles. The number of methoxy groups -OCH3 is 2. The minimum atomic E-state index is -0.522. The molecule has 0 unspecified atom stereocenters. The highest BCUT2D eigenvalue weighted by atomic mass is 16.6. The first-order chi connectivity index (χ1) is 19.1. The zero-order valence-corrected chi connectivity index (χ0v) is 24.1. The predicted molar refractivity (Wildman–Crippen MR) is 150 cm³/mol. The van der Waals surface area contributed by atoms with Gasteiger partial charge in [-0.2, -0.15) is 4.52 Å². The van der Waals surface area contributed by atoms with Crippen LogP contribution in [0.2, 0.25) is 0 Å². The lowest BCUT2D eigenvalue weighted by molar-refractivity contribution is 0.0296. The number of ether oxygens (including phenoxy) is 3. The fourth-order valence-electron chi connectivity index (χ4n) is 4.09. The molecular formula is C28H37N7O5. The summed E-state index contributed by atoms with van der Waals surface area (Å²) in [7, 11) is 4.98. The lowest BCUT2D eigenvalue weighted by atomic mass is 10.2. The van der Waals surface area contributed by atoms with Gasteiger partial charge in [-0.1, -0.05) is 0 Å². The summed E-state index contributed by atoms with van der Waals surface area (Å²) in [6, 6.07) is 5.65. The van der Waals surface area contributed by atoms with Crippen molar-refractivity contribution in [3.05, 3.63) is 47.6 Å². The fraction of sp³-hybridized carbons (Fsp3) is 0.464. The quantitative estimate of drug-likeness (QED) is 0.257. The van der Waals surface area contributed by atoms with E-state index in [9.17, 15) is 4.79 Å². The first-order valence-corrected chi connectivity index (χ1v) is 13.1. The molecular weight excluding hydrogens is 514 g/mol. The van der Waals surface area contributed by atoms with Gasteiger partial charge in [-0.25, -0.2) is 19.7 Å². The van der Waals surface area contributed by atoms with Crippen molar-refractivity contribution in [1.82, 2.24) is 29.5 Å². The Morgan fingerprint density at radius 2 is 1.95 bits per heavy atom. The highest BCUT2D eigenvalue weighted by Crippen LogP contribution is 2.28. The molecule has 4 rings (SSSR count). The van der Waals surface area contributed by atoms with Gasteiger partial charge in [0.1, 0.15) is 29.1 Å². The SMILES string of the molecule is COc1ccc(CNc2nc(-c3ncco3)c(C)c3nc(CCCCN(C)C(=O)OC(C)(C)C)nn23)c(OC)c1. The van der Waals surface area contributed by atoms with Gasteiger partial charge in [0.15, 0.2) is 11.5 Å². The van der Waals surface area contributed by atoms with Crippen molar-refractivity contribution in [2.45, 2.75) is 59.1 Å². The standard InChI is InChI=1S/C28H37N7O5/c1-18-23(25-29-13-15-39-25)32-26(30-17-19-11-12-20(37-6)16-21(19)38-7)35-24(18)31-22(33-35)10-8-9-14-34(5)27(36)40-28(2,3)4/h11-13,15-16H,8-10,14,17H2,1-7H3,(H,30,32). The van der Waals surface area contributed by atoms with Gasteiger partial charge >= 0.3 is 6.09 Å². The molecule has 0 bridgehead atoms. The molecule has 12 nitrogen and oxygen atoms in total. The van der Waals surface area contributed by atoms with Crippen LogP contribution >= 0.6 is 0 Å². The number of benzene rings is 1. The van der Waals surface area contributed by atoms with Gasteiger partial charge in [0.25, 0.3) is 0 Å². The number of aromatic nitrogens is 5. The largest absolute Gasteiger partial charge is 0.497 e. The lowest BCUT2D eigenvalue weighted by Crippen LogP contribution is -2.34. The Bertz CT molecular complexity index is 1440. The second kappa shape index (κ2) is 12.2. The Morgan fingerprint density at radius 1 is 1.15 bits per heavy atom. The van der Waals surface area contributed by atoms with E-state index in [2.05, 4.69) is 10.3 Å². The molecule has 0 radical (unpaired) electrons. The molecule has 0 atom stereocenters. The number of hydrogen-bond donors (Lipinski definition) is 1. The molecule has 0 aliphatic heterocycles. The van der Waals surface area contributed by atoms with Gasteiger partial charge in [0, 0.05) is 43.8 Å². The average molecular weight is 552 g/mol. The number of unbranched alkanes of at least 4 members (excludes halogenated alkanes) is 1. The number of hydrogen-bond acceptors (Lipinski definition) is 10. The van der Waals surface area contributed by atoms with Crippen LogP contribution in [0.4, 0.5) is 10.7 Å². The van der Waals surface area contributed by atoms with Crippen LogP contribution in [0.25, 0.3) is 17.2 Å². The van der Waals surface area contributed by atoms with Gasteiger partial charge in [-0.05, 0) is 52.7 Å². The fourth-order valence-corrected chi connectivity index (χ4v) is 4.09. The van der Waals surface area contributed by atoms with Crippen molar-refractivity contribution in [1.29, 1.82) is 0 Å². The minimum Gasteiger partial charge on any atom is -0.497 e. The van der Waals surface area contributed by atoms with E-state index in [0.717, 1.165) is 24.0 Å². The van der Waals surface area contributed by atoms with E-state index in [1.54, 1.807) is 36.9 Å². The Balaban J connectivity index is 1.53. The third-order valence-corrected chi connectivity index (χ3v) is 6.18. The van der Waals surface area contributed by atoms with Gasteiger partial charge in [0.2, 0.25) is 11.8 Å². The Morgan fingerprint density at radius 3 is 2.62 bits per heavy atom. The number of fused-ring (bicyclic) bond motifs is 1. The van der Waals surface area contributed by atoms with Gasteiger partial charge < -0.3 is 28.8 Å². The molecule has 1 N–H and O–H groups in total. The van der Waals surface area contributed by atoms with Crippen LogP contribution in [-0.2, 0) is 17.7 Å². The van der Waals surface area contributed by atoms with Crippen LogP contribution in [0.3, 0.4) is 0 Å². The van der Waals surface area contributed by atoms with Gasteiger partial charge in [-0.3, -0.25) is 0 Å². The zero-order chi connectivity index (χ0) is 28.9. The molecule has 0 spiro atoms. The zero-order valence-electron chi connectivity index (χ0n) is 24.1. The molecule has 1 aromatic carbocycles. The van der Waals surface area contributed by atoms with E-state index in [1.165, 1.54) is 6.26 Å². The van der Waals surface area contributed by atoms with Crippen LogP contribution < -0.4 is 14.8 Å². The summed E-state index contributed by atoms with van der Waals surface area (Å²) in [6.45, 7) is 8.49. The third-order valence-electron chi connectivity index (χ3n) is 6.18.